The van der Waals surface area contributed by atoms with Gasteiger partial charge in [0.05, 0.1) is 6.21 Å². The van der Waals surface area contributed by atoms with Crippen LogP contribution in [0, 0.1) is 0 Å². The maximum Gasteiger partial charge on any atom is 0.280 e. The van der Waals surface area contributed by atoms with Crippen molar-refractivity contribution in [3.05, 3.63) is 84.4 Å². The predicted octanol–water partition coefficient (Wildman–Crippen LogP) is 4.62. The SMILES string of the molecule is CC(Oc1ccc2ccccc2c1)C(=O)NN=Cc1c(O)ccc2ccccc12. The van der Waals surface area contributed by atoms with Crippen LogP contribution in [0.4, 0.5) is 0 Å². The van der Waals surface area contributed by atoms with Gasteiger partial charge in [0, 0.05) is 5.56 Å². The van der Waals surface area contributed by atoms with Crippen LogP contribution in [0.3, 0.4) is 0 Å². The summed E-state index contributed by atoms with van der Waals surface area (Å²) in [5, 5.41) is 18.1. The van der Waals surface area contributed by atoms with E-state index in [0.29, 0.717) is 11.3 Å². The highest BCUT2D eigenvalue weighted by Gasteiger charge is 2.14. The molecule has 29 heavy (non-hydrogen) atoms. The van der Waals surface area contributed by atoms with Crippen molar-refractivity contribution in [3.63, 3.8) is 0 Å². The average Bonchev–Trinajstić information content (AvgIpc) is 2.75. The topological polar surface area (TPSA) is 70.9 Å². The molecule has 144 valence electrons. The lowest BCUT2D eigenvalue weighted by Crippen LogP contribution is -2.33. The maximum absolute atomic E-state index is 12.3. The zero-order valence-electron chi connectivity index (χ0n) is 15.9. The number of hydrogen-bond acceptors (Lipinski definition) is 4. The van der Waals surface area contributed by atoms with Crippen molar-refractivity contribution in [2.24, 2.45) is 5.10 Å². The van der Waals surface area contributed by atoms with Gasteiger partial charge in [0.25, 0.3) is 5.91 Å². The number of rotatable bonds is 5. The number of hydrazone groups is 1. The molecule has 0 bridgehead atoms. The van der Waals surface area contributed by atoms with Crippen LogP contribution in [0.25, 0.3) is 21.5 Å². The van der Waals surface area contributed by atoms with E-state index >= 15 is 0 Å². The summed E-state index contributed by atoms with van der Waals surface area (Å²) < 4.78 is 5.75. The number of carbonyl (C=O) groups excluding carboxylic acids is 1. The van der Waals surface area contributed by atoms with Crippen LogP contribution in [0.2, 0.25) is 0 Å². The van der Waals surface area contributed by atoms with Crippen molar-refractivity contribution >= 4 is 33.7 Å². The third-order valence-corrected chi connectivity index (χ3v) is 4.72. The third-order valence-electron chi connectivity index (χ3n) is 4.72. The molecule has 0 fully saturated rings. The summed E-state index contributed by atoms with van der Waals surface area (Å²) in [7, 11) is 0. The van der Waals surface area contributed by atoms with Gasteiger partial charge in [-0.05, 0) is 46.7 Å². The van der Waals surface area contributed by atoms with Crippen LogP contribution in [0.5, 0.6) is 11.5 Å². The number of carbonyl (C=O) groups is 1. The molecule has 1 atom stereocenters. The van der Waals surface area contributed by atoms with E-state index in [1.807, 2.05) is 72.8 Å². The largest absolute Gasteiger partial charge is 0.507 e. The lowest BCUT2D eigenvalue weighted by Gasteiger charge is -2.13. The van der Waals surface area contributed by atoms with Gasteiger partial charge < -0.3 is 9.84 Å². The summed E-state index contributed by atoms with van der Waals surface area (Å²) >= 11 is 0. The molecule has 1 amide bonds. The van der Waals surface area contributed by atoms with Gasteiger partial charge in [0.1, 0.15) is 11.5 Å². The molecule has 0 aliphatic heterocycles. The van der Waals surface area contributed by atoms with E-state index in [9.17, 15) is 9.90 Å². The number of phenols is 1. The minimum absolute atomic E-state index is 0.0992. The van der Waals surface area contributed by atoms with Gasteiger partial charge in [-0.2, -0.15) is 5.10 Å². The first kappa shape index (κ1) is 18.5. The van der Waals surface area contributed by atoms with Gasteiger partial charge in [0.15, 0.2) is 6.10 Å². The molecule has 0 spiro atoms. The molecular formula is C24H20N2O3. The summed E-state index contributed by atoms with van der Waals surface area (Å²) in [4.78, 5) is 12.3. The number of benzene rings is 4. The molecule has 5 heteroatoms. The minimum atomic E-state index is -0.727. The quantitative estimate of drug-likeness (QED) is 0.390. The Morgan fingerprint density at radius 1 is 0.966 bits per heavy atom. The monoisotopic (exact) mass is 384 g/mol. The van der Waals surface area contributed by atoms with Crippen molar-refractivity contribution in [1.29, 1.82) is 0 Å². The predicted molar refractivity (Wildman–Crippen MR) is 115 cm³/mol. The second-order valence-corrected chi connectivity index (χ2v) is 6.72. The highest BCUT2D eigenvalue weighted by molar-refractivity contribution is 6.02. The van der Waals surface area contributed by atoms with Crippen LogP contribution < -0.4 is 10.2 Å². The van der Waals surface area contributed by atoms with Crippen LogP contribution in [-0.2, 0) is 4.79 Å². The molecule has 0 aromatic heterocycles. The summed E-state index contributed by atoms with van der Waals surface area (Å²) in [6, 6.07) is 24.7. The minimum Gasteiger partial charge on any atom is -0.507 e. The van der Waals surface area contributed by atoms with Crippen molar-refractivity contribution in [2.75, 3.05) is 0 Å². The van der Waals surface area contributed by atoms with Crippen molar-refractivity contribution in [3.8, 4) is 11.5 Å². The number of amides is 1. The zero-order chi connectivity index (χ0) is 20.2. The highest BCUT2D eigenvalue weighted by atomic mass is 16.5. The lowest BCUT2D eigenvalue weighted by atomic mass is 10.0. The van der Waals surface area contributed by atoms with Crippen molar-refractivity contribution < 1.29 is 14.6 Å². The van der Waals surface area contributed by atoms with Crippen LogP contribution >= 0.6 is 0 Å². The summed E-state index contributed by atoms with van der Waals surface area (Å²) in [6.07, 6.45) is 0.715. The molecule has 0 saturated carbocycles. The lowest BCUT2D eigenvalue weighted by molar-refractivity contribution is -0.127. The number of nitrogens with one attached hydrogen (secondary N) is 1. The molecule has 4 aromatic carbocycles. The Labute approximate surface area is 168 Å². The van der Waals surface area contributed by atoms with Gasteiger partial charge in [-0.15, -0.1) is 0 Å². The average molecular weight is 384 g/mol. The molecule has 0 saturated heterocycles. The van der Waals surface area contributed by atoms with E-state index in [4.69, 9.17) is 4.74 Å². The van der Waals surface area contributed by atoms with Gasteiger partial charge in [-0.1, -0.05) is 60.7 Å². The number of fused-ring (bicyclic) bond motifs is 2. The molecule has 5 nitrogen and oxygen atoms in total. The van der Waals surface area contributed by atoms with E-state index in [1.165, 1.54) is 6.21 Å². The van der Waals surface area contributed by atoms with Gasteiger partial charge >= 0.3 is 0 Å². The summed E-state index contributed by atoms with van der Waals surface area (Å²) in [6.45, 7) is 1.66. The Balaban J connectivity index is 1.44. The van der Waals surface area contributed by atoms with E-state index in [2.05, 4.69) is 10.5 Å². The maximum atomic E-state index is 12.3. The zero-order valence-corrected chi connectivity index (χ0v) is 15.9. The molecule has 4 rings (SSSR count). The van der Waals surface area contributed by atoms with E-state index in [0.717, 1.165) is 21.5 Å². The smallest absolute Gasteiger partial charge is 0.280 e. The number of phenolic OH excluding ortho intramolecular Hbond substituents is 1. The van der Waals surface area contributed by atoms with Gasteiger partial charge in [0.2, 0.25) is 0 Å². The first-order valence-electron chi connectivity index (χ1n) is 9.31. The molecule has 4 aromatic rings. The number of ether oxygens (including phenoxy) is 1. The first-order chi connectivity index (χ1) is 14.1. The Bertz CT molecular complexity index is 1220. The van der Waals surface area contributed by atoms with Crippen LogP contribution in [-0.4, -0.2) is 23.3 Å². The molecule has 0 radical (unpaired) electrons. The van der Waals surface area contributed by atoms with Gasteiger partial charge in [-0.3, -0.25) is 4.79 Å². The number of nitrogens with zero attached hydrogens (tertiary/aromatic N) is 1. The molecular weight excluding hydrogens is 364 g/mol. The second kappa shape index (κ2) is 8.02. The first-order valence-corrected chi connectivity index (χ1v) is 9.31. The molecule has 0 heterocycles. The number of hydrogen-bond donors (Lipinski definition) is 2. The fourth-order valence-corrected chi connectivity index (χ4v) is 3.17. The molecule has 0 aliphatic rings. The Kier molecular flexibility index (Phi) is 5.12. The molecule has 0 aliphatic carbocycles. The molecule has 2 N–H and O–H groups in total. The summed E-state index contributed by atoms with van der Waals surface area (Å²) in [5.41, 5.74) is 3.02. The standard InChI is InChI=1S/C24H20N2O3/c1-16(29-20-12-10-17-6-2-3-8-19(17)14-20)24(28)26-25-15-22-21-9-5-4-7-18(21)11-13-23(22)27/h2-16,27H,1H3,(H,26,28). The van der Waals surface area contributed by atoms with Crippen LogP contribution in [0.15, 0.2) is 84.0 Å². The van der Waals surface area contributed by atoms with E-state index in [-0.39, 0.29) is 11.7 Å². The number of aromatic hydroxyl groups is 1. The molecule has 1 unspecified atom stereocenters. The normalized spacial score (nSPS) is 12.3. The van der Waals surface area contributed by atoms with Crippen molar-refractivity contribution in [2.45, 2.75) is 13.0 Å². The van der Waals surface area contributed by atoms with Crippen LogP contribution in [0.1, 0.15) is 12.5 Å². The Morgan fingerprint density at radius 3 is 2.48 bits per heavy atom. The van der Waals surface area contributed by atoms with Gasteiger partial charge in [-0.25, -0.2) is 5.43 Å². The summed E-state index contributed by atoms with van der Waals surface area (Å²) in [5.74, 6) is 0.332. The second-order valence-electron chi connectivity index (χ2n) is 6.72. The fourth-order valence-electron chi connectivity index (χ4n) is 3.17. The Hall–Kier alpha value is -3.86. The Morgan fingerprint density at radius 2 is 1.66 bits per heavy atom. The third kappa shape index (κ3) is 4.04. The fraction of sp³-hybridized carbons (Fsp3) is 0.0833. The van der Waals surface area contributed by atoms with Crippen molar-refractivity contribution in [1.82, 2.24) is 5.43 Å². The highest BCUT2D eigenvalue weighted by Crippen LogP contribution is 2.25. The van der Waals surface area contributed by atoms with E-state index < -0.39 is 6.10 Å². The van der Waals surface area contributed by atoms with E-state index in [1.54, 1.807) is 13.0 Å².